The van der Waals surface area contributed by atoms with Crippen LogP contribution in [0.2, 0.25) is 5.15 Å². The van der Waals surface area contributed by atoms with E-state index >= 15 is 0 Å². The number of halogens is 1. The number of amides is 2. The zero-order chi connectivity index (χ0) is 32.0. The van der Waals surface area contributed by atoms with Gasteiger partial charge in [-0.15, -0.1) is 0 Å². The molecule has 228 valence electrons. The fourth-order valence-corrected chi connectivity index (χ4v) is 5.71. The van der Waals surface area contributed by atoms with Crippen molar-refractivity contribution in [1.29, 1.82) is 0 Å². The third-order valence-electron chi connectivity index (χ3n) is 7.55. The maximum atomic E-state index is 13.7. The standard InChI is InChI=1S/C32H29ClN8O4/c1-6-41-28(23-11-10-20(16-34-23)26-18(3)45-40(5)32(26)44)17(2)22-15-24(33)36-27(29(22)41)31(43)35-21-9-7-8-19(14-21)30(42)37-25-12-13-39(4)38-25/h7-16H,6H2,1-5H3,(H,35,43)(H,37,38,42). The Bertz CT molecular complexity index is 2170. The second-order valence-corrected chi connectivity index (χ2v) is 10.9. The Hall–Kier alpha value is -5.49. The molecule has 12 nitrogen and oxygen atoms in total. The highest BCUT2D eigenvalue weighted by Gasteiger charge is 2.24. The van der Waals surface area contributed by atoms with Gasteiger partial charge in [-0.3, -0.25) is 24.0 Å². The minimum absolute atomic E-state index is 0.131. The average Bonchev–Trinajstić information content (AvgIpc) is 3.64. The van der Waals surface area contributed by atoms with Crippen molar-refractivity contribution >= 4 is 45.8 Å². The molecular formula is C32H29ClN8O4. The van der Waals surface area contributed by atoms with Crippen LogP contribution in [-0.2, 0) is 20.6 Å². The van der Waals surface area contributed by atoms with Gasteiger partial charge in [-0.25, -0.2) is 4.98 Å². The van der Waals surface area contributed by atoms with E-state index in [1.807, 2.05) is 30.5 Å². The highest BCUT2D eigenvalue weighted by Crippen LogP contribution is 2.36. The molecule has 2 amide bonds. The molecule has 1 aromatic carbocycles. The number of hydrogen-bond donors (Lipinski definition) is 2. The first-order chi connectivity index (χ1) is 21.5. The fourth-order valence-electron chi connectivity index (χ4n) is 5.52. The van der Waals surface area contributed by atoms with E-state index in [0.717, 1.165) is 16.6 Å². The van der Waals surface area contributed by atoms with Crippen LogP contribution in [-0.4, -0.2) is 40.9 Å². The van der Waals surface area contributed by atoms with Crippen LogP contribution < -0.4 is 16.2 Å². The van der Waals surface area contributed by atoms with Crippen molar-refractivity contribution in [3.63, 3.8) is 0 Å². The number of nitrogens with one attached hydrogen (secondary N) is 2. The maximum Gasteiger partial charge on any atom is 0.290 e. The van der Waals surface area contributed by atoms with Gasteiger partial charge in [0.1, 0.15) is 10.9 Å². The smallest absolute Gasteiger partial charge is 0.290 e. The second kappa shape index (κ2) is 11.5. The number of rotatable bonds is 7. The molecule has 0 aliphatic rings. The molecule has 0 saturated carbocycles. The van der Waals surface area contributed by atoms with Crippen molar-refractivity contribution < 1.29 is 14.1 Å². The first-order valence-corrected chi connectivity index (χ1v) is 14.5. The van der Waals surface area contributed by atoms with E-state index in [1.54, 1.807) is 74.5 Å². The lowest BCUT2D eigenvalue weighted by atomic mass is 10.1. The number of nitrogens with zero attached hydrogens (tertiary/aromatic N) is 6. The van der Waals surface area contributed by atoms with Gasteiger partial charge < -0.3 is 19.7 Å². The fraction of sp³-hybridized carbons (Fsp3) is 0.188. The zero-order valence-corrected chi connectivity index (χ0v) is 25.9. The first kappa shape index (κ1) is 29.6. The van der Waals surface area contributed by atoms with Gasteiger partial charge in [-0.05, 0) is 56.7 Å². The van der Waals surface area contributed by atoms with Crippen molar-refractivity contribution in [3.05, 3.63) is 99.0 Å². The number of aromatic nitrogens is 6. The number of fused-ring (bicyclic) bond motifs is 1. The topological polar surface area (TPSA) is 142 Å². The summed E-state index contributed by atoms with van der Waals surface area (Å²) in [5.74, 6) is 0.0682. The Morgan fingerprint density at radius 3 is 2.47 bits per heavy atom. The van der Waals surface area contributed by atoms with Gasteiger partial charge in [0.15, 0.2) is 11.5 Å². The average molecular weight is 625 g/mol. The monoisotopic (exact) mass is 624 g/mol. The van der Waals surface area contributed by atoms with Crippen LogP contribution in [0.5, 0.6) is 0 Å². The quantitative estimate of drug-likeness (QED) is 0.221. The number of carbonyl (C=O) groups is 2. The number of aryl methyl sites for hydroxylation is 5. The Kier molecular flexibility index (Phi) is 7.59. The van der Waals surface area contributed by atoms with Gasteiger partial charge in [-0.1, -0.05) is 23.7 Å². The van der Waals surface area contributed by atoms with E-state index in [0.29, 0.717) is 51.7 Å². The normalized spacial score (nSPS) is 11.2. The van der Waals surface area contributed by atoms with E-state index in [2.05, 4.69) is 20.7 Å². The molecule has 0 spiro atoms. The maximum absolute atomic E-state index is 13.7. The third kappa shape index (κ3) is 5.40. The number of carbonyl (C=O) groups excluding carboxylic acids is 2. The molecule has 0 aliphatic carbocycles. The van der Waals surface area contributed by atoms with Crippen LogP contribution in [0.3, 0.4) is 0 Å². The molecule has 2 N–H and O–H groups in total. The van der Waals surface area contributed by atoms with Gasteiger partial charge in [0, 0.05) is 61.3 Å². The van der Waals surface area contributed by atoms with Crippen LogP contribution in [0.4, 0.5) is 11.5 Å². The SMILES string of the molecule is CCn1c(-c2ccc(-c3c(C)on(C)c3=O)cn2)c(C)c2cc(Cl)nc(C(=O)Nc3cccc(C(=O)Nc4ccn(C)n4)c3)c21. The third-order valence-corrected chi connectivity index (χ3v) is 7.74. The number of pyridine rings is 2. The van der Waals surface area contributed by atoms with E-state index in [4.69, 9.17) is 21.1 Å². The molecule has 0 unspecified atom stereocenters. The highest BCUT2D eigenvalue weighted by atomic mass is 35.5. The predicted molar refractivity (Wildman–Crippen MR) is 172 cm³/mol. The molecule has 13 heteroatoms. The molecular weight excluding hydrogens is 596 g/mol. The summed E-state index contributed by atoms with van der Waals surface area (Å²) in [7, 11) is 3.32. The lowest BCUT2D eigenvalue weighted by molar-refractivity contribution is 0.101. The largest absolute Gasteiger partial charge is 0.381 e. The van der Waals surface area contributed by atoms with Crippen LogP contribution in [0.15, 0.2) is 70.2 Å². The van der Waals surface area contributed by atoms with Gasteiger partial charge in [0.05, 0.1) is 22.5 Å². The van der Waals surface area contributed by atoms with Gasteiger partial charge in [0.2, 0.25) is 0 Å². The first-order valence-electron chi connectivity index (χ1n) is 14.1. The second-order valence-electron chi connectivity index (χ2n) is 10.5. The number of benzene rings is 1. The molecule has 0 fully saturated rings. The molecule has 0 radical (unpaired) electrons. The van der Waals surface area contributed by atoms with Crippen LogP contribution in [0.25, 0.3) is 33.4 Å². The molecule has 0 atom stereocenters. The van der Waals surface area contributed by atoms with E-state index < -0.39 is 5.91 Å². The molecule has 6 aromatic rings. The summed E-state index contributed by atoms with van der Waals surface area (Å²) in [5, 5.41) is 10.7. The minimum Gasteiger partial charge on any atom is -0.381 e. The van der Waals surface area contributed by atoms with Crippen LogP contribution >= 0.6 is 11.6 Å². The lowest BCUT2D eigenvalue weighted by Gasteiger charge is -2.12. The van der Waals surface area contributed by atoms with Crippen molar-refractivity contribution in [2.75, 3.05) is 10.6 Å². The number of hydrogen-bond acceptors (Lipinski definition) is 7. The van der Waals surface area contributed by atoms with Crippen molar-refractivity contribution in [3.8, 4) is 22.5 Å². The molecule has 5 heterocycles. The Morgan fingerprint density at radius 2 is 1.82 bits per heavy atom. The summed E-state index contributed by atoms with van der Waals surface area (Å²) >= 11 is 6.44. The van der Waals surface area contributed by atoms with E-state index in [-0.39, 0.29) is 22.3 Å². The Morgan fingerprint density at radius 1 is 1.02 bits per heavy atom. The Labute approximate surface area is 262 Å². The summed E-state index contributed by atoms with van der Waals surface area (Å²) in [4.78, 5) is 48.2. The highest BCUT2D eigenvalue weighted by molar-refractivity contribution is 6.31. The van der Waals surface area contributed by atoms with E-state index in [1.165, 1.54) is 4.74 Å². The van der Waals surface area contributed by atoms with Crippen molar-refractivity contribution in [2.45, 2.75) is 27.3 Å². The number of anilines is 2. The molecule has 45 heavy (non-hydrogen) atoms. The zero-order valence-electron chi connectivity index (χ0n) is 25.2. The summed E-state index contributed by atoms with van der Waals surface area (Å²) in [6.45, 7) is 6.16. The van der Waals surface area contributed by atoms with Gasteiger partial charge in [-0.2, -0.15) is 9.84 Å². The molecule has 5 aromatic heterocycles. The van der Waals surface area contributed by atoms with E-state index in [9.17, 15) is 14.4 Å². The summed E-state index contributed by atoms with van der Waals surface area (Å²) in [5.41, 5.74) is 4.66. The summed E-state index contributed by atoms with van der Waals surface area (Å²) < 4.78 is 10.2. The van der Waals surface area contributed by atoms with Crippen LogP contribution in [0, 0.1) is 13.8 Å². The summed E-state index contributed by atoms with van der Waals surface area (Å²) in [6, 6.07) is 13.7. The van der Waals surface area contributed by atoms with Gasteiger partial charge >= 0.3 is 0 Å². The molecule has 0 bridgehead atoms. The molecule has 0 saturated heterocycles. The minimum atomic E-state index is -0.488. The van der Waals surface area contributed by atoms with Crippen molar-refractivity contribution in [2.24, 2.45) is 14.1 Å². The van der Waals surface area contributed by atoms with Crippen molar-refractivity contribution in [1.82, 2.24) is 29.1 Å². The Balaban J connectivity index is 1.35. The predicted octanol–water partition coefficient (Wildman–Crippen LogP) is 5.59. The van der Waals surface area contributed by atoms with Crippen LogP contribution in [0.1, 0.15) is 39.1 Å². The molecule has 6 rings (SSSR count). The summed E-state index contributed by atoms with van der Waals surface area (Å²) in [6.07, 6.45) is 3.36. The van der Waals surface area contributed by atoms with Gasteiger partial charge in [0.25, 0.3) is 17.4 Å². The molecule has 0 aliphatic heterocycles. The lowest BCUT2D eigenvalue weighted by Crippen LogP contribution is -2.17.